The molecule has 13 aromatic rings. The van der Waals surface area contributed by atoms with Crippen molar-refractivity contribution in [1.29, 1.82) is 0 Å². The highest BCUT2D eigenvalue weighted by Gasteiger charge is 2.28. The van der Waals surface area contributed by atoms with Crippen LogP contribution < -0.4 is 0 Å². The molecule has 0 aliphatic heterocycles. The molecule has 0 saturated heterocycles. The summed E-state index contributed by atoms with van der Waals surface area (Å²) in [6.07, 6.45) is 0. The highest BCUT2D eigenvalue weighted by Crippen LogP contribution is 2.50. The van der Waals surface area contributed by atoms with Crippen LogP contribution in [0, 0.1) is 0 Å². The largest absolute Gasteiger partial charge is 0.454 e. The number of para-hydroxylation sites is 3. The molecule has 0 atom stereocenters. The van der Waals surface area contributed by atoms with E-state index in [1.807, 2.05) is 30.3 Å². The molecule has 0 amide bonds. The minimum atomic E-state index is 0.550. The number of fused-ring (bicyclic) bond motifs is 18. The van der Waals surface area contributed by atoms with Crippen LogP contribution in [0.2, 0.25) is 0 Å². The Morgan fingerprint density at radius 1 is 0.351 bits per heavy atom. The third-order valence-electron chi connectivity index (χ3n) is 11.8. The smallest absolute Gasteiger partial charge is 0.236 e. The Labute approximate surface area is 324 Å². The molecule has 0 fully saturated rings. The number of nitrogens with zero attached hydrogens (tertiary/aromatic N) is 3. The van der Waals surface area contributed by atoms with Crippen molar-refractivity contribution < 1.29 is 8.83 Å². The van der Waals surface area contributed by atoms with Crippen LogP contribution in [0.15, 0.2) is 185 Å². The second-order valence-corrected chi connectivity index (χ2v) is 14.8. The second-order valence-electron chi connectivity index (χ2n) is 14.8. The molecule has 0 aliphatic carbocycles. The molecule has 9 aromatic carbocycles. The van der Waals surface area contributed by atoms with Crippen LogP contribution in [-0.2, 0) is 0 Å². The molecule has 57 heavy (non-hydrogen) atoms. The van der Waals surface area contributed by atoms with Gasteiger partial charge in [0, 0.05) is 43.3 Å². The molecule has 0 bridgehead atoms. The van der Waals surface area contributed by atoms with Gasteiger partial charge < -0.3 is 8.83 Å². The van der Waals surface area contributed by atoms with Crippen molar-refractivity contribution in [2.45, 2.75) is 0 Å². The first kappa shape index (κ1) is 30.6. The maximum Gasteiger partial charge on any atom is 0.236 e. The van der Waals surface area contributed by atoms with E-state index in [1.165, 1.54) is 32.3 Å². The van der Waals surface area contributed by atoms with Gasteiger partial charge in [-0.05, 0) is 56.9 Å². The van der Waals surface area contributed by atoms with E-state index in [0.29, 0.717) is 11.5 Å². The second kappa shape index (κ2) is 11.4. The van der Waals surface area contributed by atoms with Crippen molar-refractivity contribution >= 4 is 98.1 Å². The molecule has 0 radical (unpaired) electrons. The maximum atomic E-state index is 7.04. The van der Waals surface area contributed by atoms with Crippen LogP contribution in [-0.4, -0.2) is 14.5 Å². The van der Waals surface area contributed by atoms with Gasteiger partial charge in [0.15, 0.2) is 11.2 Å². The summed E-state index contributed by atoms with van der Waals surface area (Å²) in [5.41, 5.74) is 9.75. The van der Waals surface area contributed by atoms with Crippen LogP contribution in [0.3, 0.4) is 0 Å². The van der Waals surface area contributed by atoms with Crippen molar-refractivity contribution in [3.05, 3.63) is 176 Å². The number of aromatic nitrogens is 3. The van der Waals surface area contributed by atoms with E-state index in [0.717, 1.165) is 82.6 Å². The van der Waals surface area contributed by atoms with E-state index in [1.54, 1.807) is 0 Å². The summed E-state index contributed by atoms with van der Waals surface area (Å²) in [7, 11) is 0. The maximum absolute atomic E-state index is 7.04. The standard InChI is InChI=1S/C52H29N3O2/c1-2-14-30(15-3-1)31-26-28-32(29-27-31)47-51-48(39-22-10-13-25-42(39)57-51)54-52(53-47)55-40-23-11-8-20-37(40)45-43-35-18-6-4-16-33(35)34-17-5-7-19-36(34)44(43)46-38-21-9-12-24-41(38)56-50(46)49(45)55/h1-29H. The van der Waals surface area contributed by atoms with Gasteiger partial charge in [-0.15, -0.1) is 0 Å². The van der Waals surface area contributed by atoms with Gasteiger partial charge in [0.2, 0.25) is 5.95 Å². The van der Waals surface area contributed by atoms with Crippen LogP contribution >= 0.6 is 0 Å². The van der Waals surface area contributed by atoms with E-state index in [2.05, 4.69) is 150 Å². The molecule has 4 heterocycles. The third kappa shape index (κ3) is 4.17. The average molecular weight is 728 g/mol. The normalized spacial score (nSPS) is 12.2. The lowest BCUT2D eigenvalue weighted by Crippen LogP contribution is -2.03. The van der Waals surface area contributed by atoms with Gasteiger partial charge in [0.25, 0.3) is 0 Å². The fourth-order valence-electron chi connectivity index (χ4n) is 9.36. The number of furan rings is 2. The lowest BCUT2D eigenvalue weighted by molar-refractivity contribution is 0.666. The lowest BCUT2D eigenvalue weighted by Gasteiger charge is -2.14. The summed E-state index contributed by atoms with van der Waals surface area (Å²) in [5.74, 6) is 0.550. The lowest BCUT2D eigenvalue weighted by atomic mass is 9.89. The fourth-order valence-corrected chi connectivity index (χ4v) is 9.36. The van der Waals surface area contributed by atoms with Crippen LogP contribution in [0.5, 0.6) is 0 Å². The Bertz CT molecular complexity index is 3800. The zero-order valence-electron chi connectivity index (χ0n) is 30.4. The van der Waals surface area contributed by atoms with E-state index >= 15 is 0 Å². The van der Waals surface area contributed by atoms with E-state index in [-0.39, 0.29) is 0 Å². The molecule has 4 aromatic heterocycles. The van der Waals surface area contributed by atoms with Gasteiger partial charge in [0.05, 0.1) is 5.52 Å². The summed E-state index contributed by atoms with van der Waals surface area (Å²) in [5, 5.41) is 12.5. The monoisotopic (exact) mass is 727 g/mol. The molecule has 13 rings (SSSR count). The predicted octanol–water partition coefficient (Wildman–Crippen LogP) is 14.2. The molecule has 0 spiro atoms. The number of hydrogen-bond donors (Lipinski definition) is 0. The minimum Gasteiger partial charge on any atom is -0.454 e. The molecule has 5 heteroatoms. The minimum absolute atomic E-state index is 0.550. The van der Waals surface area contributed by atoms with Crippen molar-refractivity contribution in [2.24, 2.45) is 0 Å². The predicted molar refractivity (Wildman–Crippen MR) is 234 cm³/mol. The SMILES string of the molecule is c1ccc(-c2ccc(-c3nc(-n4c5ccccc5c5c6c7ccccc7c7ccccc7c6c6c7ccccc7oc6c54)nc4c3oc3ccccc34)cc2)cc1. The number of benzene rings is 9. The van der Waals surface area contributed by atoms with Crippen LogP contribution in [0.1, 0.15) is 0 Å². The Hall–Kier alpha value is -7.76. The van der Waals surface area contributed by atoms with Gasteiger partial charge in [-0.2, -0.15) is 0 Å². The van der Waals surface area contributed by atoms with E-state index < -0.39 is 0 Å². The van der Waals surface area contributed by atoms with Gasteiger partial charge in [-0.3, -0.25) is 4.57 Å². The Morgan fingerprint density at radius 3 is 1.58 bits per heavy atom. The highest BCUT2D eigenvalue weighted by atomic mass is 16.3. The highest BCUT2D eigenvalue weighted by molar-refractivity contribution is 6.44. The first-order valence-corrected chi connectivity index (χ1v) is 19.3. The fraction of sp³-hybridized carbons (Fsp3) is 0. The van der Waals surface area contributed by atoms with Crippen molar-refractivity contribution in [3.63, 3.8) is 0 Å². The molecule has 5 nitrogen and oxygen atoms in total. The van der Waals surface area contributed by atoms with Gasteiger partial charge >= 0.3 is 0 Å². The Kier molecular flexibility index (Phi) is 6.10. The quantitative estimate of drug-likeness (QED) is 0.170. The van der Waals surface area contributed by atoms with Crippen molar-refractivity contribution in [3.8, 4) is 28.3 Å². The molecule has 0 unspecified atom stereocenters. The molecule has 0 aliphatic rings. The van der Waals surface area contributed by atoms with Gasteiger partial charge in [0.1, 0.15) is 27.9 Å². The first-order valence-electron chi connectivity index (χ1n) is 19.3. The zero-order valence-corrected chi connectivity index (χ0v) is 30.4. The molecule has 0 N–H and O–H groups in total. The first-order chi connectivity index (χ1) is 28.3. The average Bonchev–Trinajstić information content (AvgIpc) is 3.96. The summed E-state index contributed by atoms with van der Waals surface area (Å²) in [4.78, 5) is 10.9. The van der Waals surface area contributed by atoms with E-state index in [4.69, 9.17) is 18.8 Å². The van der Waals surface area contributed by atoms with Gasteiger partial charge in [-0.25, -0.2) is 9.97 Å². The van der Waals surface area contributed by atoms with Crippen molar-refractivity contribution in [1.82, 2.24) is 14.5 Å². The van der Waals surface area contributed by atoms with Crippen molar-refractivity contribution in [2.75, 3.05) is 0 Å². The van der Waals surface area contributed by atoms with E-state index in [9.17, 15) is 0 Å². The zero-order chi connectivity index (χ0) is 37.2. The summed E-state index contributed by atoms with van der Waals surface area (Å²) < 4.78 is 15.9. The number of rotatable bonds is 3. The summed E-state index contributed by atoms with van der Waals surface area (Å²) in [6, 6.07) is 61.7. The van der Waals surface area contributed by atoms with Crippen LogP contribution in [0.4, 0.5) is 0 Å². The van der Waals surface area contributed by atoms with Gasteiger partial charge in [-0.1, -0.05) is 152 Å². The van der Waals surface area contributed by atoms with Crippen LogP contribution in [0.25, 0.3) is 126 Å². The summed E-state index contributed by atoms with van der Waals surface area (Å²) >= 11 is 0. The summed E-state index contributed by atoms with van der Waals surface area (Å²) in [6.45, 7) is 0. The molecule has 264 valence electrons. The third-order valence-corrected chi connectivity index (χ3v) is 11.8. The molecular weight excluding hydrogens is 699 g/mol. The molecular formula is C52H29N3O2. The Balaban J connectivity index is 1.23. The Morgan fingerprint density at radius 2 is 0.860 bits per heavy atom. The molecule has 0 saturated carbocycles. The number of hydrogen-bond acceptors (Lipinski definition) is 4. The topological polar surface area (TPSA) is 57.0 Å².